The predicted octanol–water partition coefficient (Wildman–Crippen LogP) is 1.45. The Kier molecular flexibility index (Phi) is 3.74. The summed E-state index contributed by atoms with van der Waals surface area (Å²) in [6, 6.07) is 6.06. The van der Waals surface area contributed by atoms with Gasteiger partial charge in [-0.1, -0.05) is 12.1 Å². The second kappa shape index (κ2) is 5.47. The van der Waals surface area contributed by atoms with Gasteiger partial charge in [-0.05, 0) is 34.9 Å². The quantitative estimate of drug-likeness (QED) is 0.903. The van der Waals surface area contributed by atoms with Crippen LogP contribution in [0.4, 0.5) is 10.2 Å². The van der Waals surface area contributed by atoms with Crippen LogP contribution in [0.5, 0.6) is 0 Å². The molecule has 2 aromatic rings. The summed E-state index contributed by atoms with van der Waals surface area (Å²) in [7, 11) is 0. The van der Waals surface area contributed by atoms with Crippen LogP contribution in [0.25, 0.3) is 0 Å². The summed E-state index contributed by atoms with van der Waals surface area (Å²) >= 11 is 0. The highest BCUT2D eigenvalue weighted by molar-refractivity contribution is 5.96. The molecule has 0 aliphatic carbocycles. The summed E-state index contributed by atoms with van der Waals surface area (Å²) in [5, 5.41) is 6.83. The summed E-state index contributed by atoms with van der Waals surface area (Å²) < 4.78 is 17.5. The van der Waals surface area contributed by atoms with Gasteiger partial charge < -0.3 is 10.6 Å². The Bertz CT molecular complexity index is 585. The molecule has 0 saturated heterocycles. The second-order valence-electron chi connectivity index (χ2n) is 3.95. The van der Waals surface area contributed by atoms with E-state index in [4.69, 9.17) is 5.73 Å². The topological polar surface area (TPSA) is 85.2 Å². The van der Waals surface area contributed by atoms with Crippen LogP contribution in [-0.2, 0) is 6.54 Å². The van der Waals surface area contributed by atoms with E-state index in [9.17, 15) is 9.18 Å². The number of rotatable bonds is 4. The van der Waals surface area contributed by atoms with Crippen molar-refractivity contribution in [2.24, 2.45) is 0 Å². The van der Waals surface area contributed by atoms with Crippen LogP contribution in [0.1, 0.15) is 23.0 Å². The van der Waals surface area contributed by atoms with E-state index < -0.39 is 5.91 Å². The first-order valence-corrected chi connectivity index (χ1v) is 5.73. The van der Waals surface area contributed by atoms with E-state index >= 15 is 0 Å². The van der Waals surface area contributed by atoms with Gasteiger partial charge in [-0.25, -0.2) is 9.02 Å². The second-order valence-corrected chi connectivity index (χ2v) is 3.95. The van der Waals surface area contributed by atoms with Crippen molar-refractivity contribution in [2.75, 3.05) is 12.3 Å². The molecule has 1 aromatic carbocycles. The molecule has 6 nitrogen and oxygen atoms in total. The maximum Gasteiger partial charge on any atom is 0.280 e. The Morgan fingerprint density at radius 1 is 1.47 bits per heavy atom. The van der Waals surface area contributed by atoms with Gasteiger partial charge >= 0.3 is 0 Å². The number of hydrogen-bond donors (Lipinski definition) is 1. The molecule has 19 heavy (non-hydrogen) atoms. The molecule has 7 heteroatoms. The van der Waals surface area contributed by atoms with Crippen molar-refractivity contribution in [1.29, 1.82) is 0 Å². The highest BCUT2D eigenvalue weighted by Gasteiger charge is 2.21. The van der Waals surface area contributed by atoms with Crippen molar-refractivity contribution in [1.82, 2.24) is 15.2 Å². The lowest BCUT2D eigenvalue weighted by molar-refractivity contribution is 0.0742. The van der Waals surface area contributed by atoms with Gasteiger partial charge in [0.25, 0.3) is 5.91 Å². The van der Waals surface area contributed by atoms with E-state index in [1.807, 2.05) is 0 Å². The summed E-state index contributed by atoms with van der Waals surface area (Å²) in [5.74, 6) is -0.795. The van der Waals surface area contributed by atoms with Gasteiger partial charge in [-0.15, -0.1) is 0 Å². The number of carbonyl (C=O) groups excluding carboxylic acids is 1. The molecule has 1 aromatic heterocycles. The number of hydrogen-bond acceptors (Lipinski definition) is 5. The minimum Gasteiger partial charge on any atom is -0.379 e. The van der Waals surface area contributed by atoms with Crippen LogP contribution in [-0.4, -0.2) is 27.7 Å². The lowest BCUT2D eigenvalue weighted by atomic mass is 10.2. The van der Waals surface area contributed by atoms with Crippen LogP contribution < -0.4 is 5.73 Å². The molecular weight excluding hydrogens is 251 g/mol. The Labute approximate surface area is 109 Å². The number of nitrogens with zero attached hydrogens (tertiary/aromatic N) is 3. The third kappa shape index (κ3) is 2.87. The fourth-order valence-corrected chi connectivity index (χ4v) is 1.68. The number of anilines is 1. The molecule has 0 fully saturated rings. The first-order chi connectivity index (χ1) is 9.11. The van der Waals surface area contributed by atoms with Crippen molar-refractivity contribution in [2.45, 2.75) is 13.5 Å². The Hall–Kier alpha value is -2.44. The third-order valence-electron chi connectivity index (χ3n) is 2.65. The smallest absolute Gasteiger partial charge is 0.280 e. The van der Waals surface area contributed by atoms with E-state index in [-0.39, 0.29) is 23.9 Å². The lowest BCUT2D eigenvalue weighted by Gasteiger charge is -2.19. The van der Waals surface area contributed by atoms with Crippen molar-refractivity contribution in [3.8, 4) is 0 Å². The maximum atomic E-state index is 13.1. The van der Waals surface area contributed by atoms with Crippen LogP contribution in [0.2, 0.25) is 0 Å². The van der Waals surface area contributed by atoms with E-state index in [1.54, 1.807) is 19.1 Å². The SMILES string of the molecule is CCN(Cc1cccc(F)c1)C(=O)c1nonc1N. The molecule has 0 radical (unpaired) electrons. The van der Waals surface area contributed by atoms with Crippen LogP contribution in [0, 0.1) is 5.82 Å². The van der Waals surface area contributed by atoms with Crippen LogP contribution in [0.3, 0.4) is 0 Å². The van der Waals surface area contributed by atoms with Crippen LogP contribution >= 0.6 is 0 Å². The van der Waals surface area contributed by atoms with Gasteiger partial charge in [0.2, 0.25) is 11.5 Å². The standard InChI is InChI=1S/C12H13FN4O2/c1-2-17(7-8-4-3-5-9(13)6-8)12(18)10-11(14)16-19-15-10/h3-6H,2,7H2,1H3,(H2,14,16). The minimum atomic E-state index is -0.398. The molecule has 2 rings (SSSR count). The normalized spacial score (nSPS) is 10.4. The largest absolute Gasteiger partial charge is 0.379 e. The Morgan fingerprint density at radius 2 is 2.26 bits per heavy atom. The fraction of sp³-hybridized carbons (Fsp3) is 0.250. The lowest BCUT2D eigenvalue weighted by Crippen LogP contribution is -2.31. The molecule has 0 bridgehead atoms. The first kappa shape index (κ1) is 13.0. The van der Waals surface area contributed by atoms with Gasteiger partial charge in [0, 0.05) is 13.1 Å². The zero-order chi connectivity index (χ0) is 13.8. The van der Waals surface area contributed by atoms with Gasteiger partial charge in [0.15, 0.2) is 0 Å². The Balaban J connectivity index is 2.17. The average molecular weight is 264 g/mol. The molecule has 0 saturated carbocycles. The number of nitrogens with two attached hydrogens (primary N) is 1. The molecule has 1 amide bonds. The van der Waals surface area contributed by atoms with Crippen molar-refractivity contribution < 1.29 is 13.8 Å². The van der Waals surface area contributed by atoms with E-state index in [0.29, 0.717) is 12.1 Å². The zero-order valence-electron chi connectivity index (χ0n) is 10.3. The van der Waals surface area contributed by atoms with Crippen LogP contribution in [0.15, 0.2) is 28.9 Å². The van der Waals surface area contributed by atoms with Gasteiger partial charge in [0.1, 0.15) is 5.82 Å². The molecule has 0 aliphatic rings. The summed E-state index contributed by atoms with van der Waals surface area (Å²) in [4.78, 5) is 13.6. The number of benzene rings is 1. The van der Waals surface area contributed by atoms with E-state index in [2.05, 4.69) is 14.9 Å². The minimum absolute atomic E-state index is 0.0294. The summed E-state index contributed by atoms with van der Waals surface area (Å²) in [5.41, 5.74) is 6.13. The van der Waals surface area contributed by atoms with Gasteiger partial charge in [-0.3, -0.25) is 4.79 Å². The summed E-state index contributed by atoms with van der Waals surface area (Å²) in [6.45, 7) is 2.50. The molecule has 0 unspecified atom stereocenters. The predicted molar refractivity (Wildman–Crippen MR) is 65.5 cm³/mol. The summed E-state index contributed by atoms with van der Waals surface area (Å²) in [6.07, 6.45) is 0. The monoisotopic (exact) mass is 264 g/mol. The highest BCUT2D eigenvalue weighted by Crippen LogP contribution is 2.12. The number of nitrogen functional groups attached to an aromatic ring is 1. The number of amides is 1. The molecule has 0 aliphatic heterocycles. The zero-order valence-corrected chi connectivity index (χ0v) is 10.3. The molecule has 2 N–H and O–H groups in total. The number of aromatic nitrogens is 2. The van der Waals surface area contributed by atoms with Gasteiger partial charge in [-0.2, -0.15) is 0 Å². The Morgan fingerprint density at radius 3 is 2.84 bits per heavy atom. The van der Waals surface area contributed by atoms with Gasteiger partial charge in [0.05, 0.1) is 0 Å². The molecule has 1 heterocycles. The van der Waals surface area contributed by atoms with Crippen molar-refractivity contribution >= 4 is 11.7 Å². The molecule has 100 valence electrons. The maximum absolute atomic E-state index is 13.1. The average Bonchev–Trinajstić information content (AvgIpc) is 2.81. The van der Waals surface area contributed by atoms with Crippen molar-refractivity contribution in [3.63, 3.8) is 0 Å². The highest BCUT2D eigenvalue weighted by atomic mass is 19.1. The molecular formula is C12H13FN4O2. The number of halogens is 1. The fourth-order valence-electron chi connectivity index (χ4n) is 1.68. The first-order valence-electron chi connectivity index (χ1n) is 5.73. The third-order valence-corrected chi connectivity index (χ3v) is 2.65. The molecule has 0 atom stereocenters. The number of carbonyl (C=O) groups is 1. The molecule has 0 spiro atoms. The van der Waals surface area contributed by atoms with E-state index in [0.717, 1.165) is 0 Å². The van der Waals surface area contributed by atoms with E-state index in [1.165, 1.54) is 17.0 Å². The van der Waals surface area contributed by atoms with Crippen molar-refractivity contribution in [3.05, 3.63) is 41.3 Å².